The highest BCUT2D eigenvalue weighted by atomic mass is 16.5. The molecule has 142 valence electrons. The largest absolute Gasteiger partial charge is 0.493 e. The first-order valence-corrected chi connectivity index (χ1v) is 9.09. The molecule has 3 rings (SSSR count). The lowest BCUT2D eigenvalue weighted by Crippen LogP contribution is -2.19. The van der Waals surface area contributed by atoms with Crippen molar-refractivity contribution in [3.8, 4) is 5.75 Å². The Bertz CT molecular complexity index is 1080. The van der Waals surface area contributed by atoms with Gasteiger partial charge in [0.25, 0.3) is 5.56 Å². The van der Waals surface area contributed by atoms with Crippen molar-refractivity contribution in [1.29, 1.82) is 0 Å². The predicted octanol–water partition coefficient (Wildman–Crippen LogP) is 3.91. The molecule has 0 unspecified atom stereocenters. The molecule has 1 N–H and O–H groups in total. The molecule has 6 heteroatoms. The number of pyridine rings is 2. The van der Waals surface area contributed by atoms with Gasteiger partial charge in [-0.05, 0) is 43.2 Å². The van der Waals surface area contributed by atoms with Gasteiger partial charge in [-0.15, -0.1) is 0 Å². The summed E-state index contributed by atoms with van der Waals surface area (Å²) < 4.78 is 7.31. The van der Waals surface area contributed by atoms with Crippen molar-refractivity contribution >= 4 is 27.6 Å². The number of carbonyl (C=O) groups is 1. The maximum Gasteiger partial charge on any atom is 0.339 e. The monoisotopic (exact) mass is 368 g/mol. The van der Waals surface area contributed by atoms with Crippen molar-refractivity contribution in [2.45, 2.75) is 33.6 Å². The molecule has 27 heavy (non-hydrogen) atoms. The first-order chi connectivity index (χ1) is 12.8. The van der Waals surface area contributed by atoms with Gasteiger partial charge in [0, 0.05) is 24.7 Å². The third-order valence-electron chi connectivity index (χ3n) is 4.82. The van der Waals surface area contributed by atoms with E-state index in [-0.39, 0.29) is 11.1 Å². The van der Waals surface area contributed by atoms with E-state index >= 15 is 0 Å². The van der Waals surface area contributed by atoms with Crippen molar-refractivity contribution in [3.05, 3.63) is 46.0 Å². The fourth-order valence-electron chi connectivity index (χ4n) is 3.36. The van der Waals surface area contributed by atoms with Crippen LogP contribution in [0.2, 0.25) is 0 Å². The number of ether oxygens (including phenoxy) is 1. The number of carboxylic acid groups (broad SMARTS) is 1. The maximum atomic E-state index is 12.8. The number of aromatic carboxylic acids is 1. The molecule has 0 saturated carbocycles. The van der Waals surface area contributed by atoms with Crippen LogP contribution in [0.15, 0.2) is 29.2 Å². The van der Waals surface area contributed by atoms with Crippen LogP contribution in [-0.2, 0) is 7.05 Å². The highest BCUT2D eigenvalue weighted by Gasteiger charge is 2.18. The molecule has 2 heterocycles. The van der Waals surface area contributed by atoms with E-state index in [2.05, 4.69) is 18.8 Å². The van der Waals surface area contributed by atoms with Crippen LogP contribution in [-0.4, -0.2) is 27.2 Å². The molecule has 1 aromatic carbocycles. The summed E-state index contributed by atoms with van der Waals surface area (Å²) in [4.78, 5) is 28.8. The Hall–Kier alpha value is -2.89. The summed E-state index contributed by atoms with van der Waals surface area (Å²) in [6.45, 7) is 6.49. The van der Waals surface area contributed by atoms with Crippen LogP contribution >= 0.6 is 0 Å². The normalized spacial score (nSPS) is 11.4. The van der Waals surface area contributed by atoms with Crippen molar-refractivity contribution in [3.63, 3.8) is 0 Å². The van der Waals surface area contributed by atoms with Gasteiger partial charge in [-0.1, -0.05) is 13.8 Å². The van der Waals surface area contributed by atoms with E-state index in [4.69, 9.17) is 4.74 Å². The second kappa shape index (κ2) is 7.39. The molecule has 0 amide bonds. The van der Waals surface area contributed by atoms with Crippen LogP contribution < -0.4 is 10.3 Å². The van der Waals surface area contributed by atoms with Crippen molar-refractivity contribution in [2.75, 3.05) is 6.61 Å². The standard InChI is InChI=1S/C21H24N2O4/c1-12(2)6-5-9-27-18-11-17-15(10-16(18)21(25)26)14-7-8-22-13(3)19(14)20(24)23(17)4/h7-8,10-12H,5-6,9H2,1-4H3,(H,25,26). The zero-order valence-corrected chi connectivity index (χ0v) is 16.1. The van der Waals surface area contributed by atoms with Gasteiger partial charge in [0.1, 0.15) is 11.3 Å². The van der Waals surface area contributed by atoms with Gasteiger partial charge in [-0.2, -0.15) is 0 Å². The van der Waals surface area contributed by atoms with Crippen LogP contribution in [0.3, 0.4) is 0 Å². The van der Waals surface area contributed by atoms with Crippen LogP contribution in [0.1, 0.15) is 42.7 Å². The fraction of sp³-hybridized carbons (Fsp3) is 0.381. The first-order valence-electron chi connectivity index (χ1n) is 9.09. The lowest BCUT2D eigenvalue weighted by molar-refractivity contribution is 0.0692. The Morgan fingerprint density at radius 3 is 2.70 bits per heavy atom. The molecule has 0 aliphatic carbocycles. The first kappa shape index (κ1) is 18.9. The molecule has 6 nitrogen and oxygen atoms in total. The Labute approximate surface area is 157 Å². The smallest absolute Gasteiger partial charge is 0.339 e. The quantitative estimate of drug-likeness (QED) is 0.527. The number of hydrogen-bond acceptors (Lipinski definition) is 4. The zero-order chi connectivity index (χ0) is 19.7. The number of aromatic nitrogens is 2. The summed E-state index contributed by atoms with van der Waals surface area (Å²) in [5, 5.41) is 11.6. The summed E-state index contributed by atoms with van der Waals surface area (Å²) in [7, 11) is 1.68. The minimum atomic E-state index is -1.05. The van der Waals surface area contributed by atoms with E-state index in [0.29, 0.717) is 45.6 Å². The average Bonchev–Trinajstić information content (AvgIpc) is 2.62. The van der Waals surface area contributed by atoms with Gasteiger partial charge in [-0.25, -0.2) is 4.79 Å². The summed E-state index contributed by atoms with van der Waals surface area (Å²) in [5.74, 6) is -0.199. The van der Waals surface area contributed by atoms with Gasteiger partial charge in [0.2, 0.25) is 0 Å². The molecule has 2 aromatic heterocycles. The minimum Gasteiger partial charge on any atom is -0.493 e. The van der Waals surface area contributed by atoms with E-state index < -0.39 is 5.97 Å². The van der Waals surface area contributed by atoms with Gasteiger partial charge in [-0.3, -0.25) is 9.78 Å². The van der Waals surface area contributed by atoms with Crippen molar-refractivity contribution in [1.82, 2.24) is 9.55 Å². The number of aryl methyl sites for hydroxylation is 2. The van der Waals surface area contributed by atoms with E-state index in [0.717, 1.165) is 12.8 Å². The third-order valence-corrected chi connectivity index (χ3v) is 4.82. The van der Waals surface area contributed by atoms with Gasteiger partial charge >= 0.3 is 5.97 Å². The van der Waals surface area contributed by atoms with E-state index in [1.807, 2.05) is 0 Å². The predicted molar refractivity (Wildman–Crippen MR) is 106 cm³/mol. The van der Waals surface area contributed by atoms with Crippen LogP contribution in [0.25, 0.3) is 21.7 Å². The zero-order valence-electron chi connectivity index (χ0n) is 16.1. The van der Waals surface area contributed by atoms with Crippen LogP contribution in [0, 0.1) is 12.8 Å². The number of nitrogens with zero attached hydrogens (tertiary/aromatic N) is 2. The minimum absolute atomic E-state index is 0.0986. The SMILES string of the molecule is Cc1nccc2c1c(=O)n(C)c1cc(OCCCC(C)C)c(C(=O)O)cc21. The molecule has 0 spiro atoms. The van der Waals surface area contributed by atoms with Gasteiger partial charge < -0.3 is 14.4 Å². The van der Waals surface area contributed by atoms with E-state index in [9.17, 15) is 14.7 Å². The lowest BCUT2D eigenvalue weighted by atomic mass is 10.0. The van der Waals surface area contributed by atoms with E-state index in [1.54, 1.807) is 38.4 Å². The van der Waals surface area contributed by atoms with Crippen molar-refractivity contribution in [2.24, 2.45) is 13.0 Å². The highest BCUT2D eigenvalue weighted by molar-refractivity contribution is 6.09. The van der Waals surface area contributed by atoms with Crippen LogP contribution in [0.5, 0.6) is 5.75 Å². The summed E-state index contributed by atoms with van der Waals surface area (Å²) in [6, 6.07) is 5.00. The molecule has 0 bridgehead atoms. The maximum absolute atomic E-state index is 12.8. The molecule has 0 saturated heterocycles. The van der Waals surface area contributed by atoms with Gasteiger partial charge in [0.05, 0.1) is 23.2 Å². The highest BCUT2D eigenvalue weighted by Crippen LogP contribution is 2.30. The Kier molecular flexibility index (Phi) is 5.17. The van der Waals surface area contributed by atoms with Crippen molar-refractivity contribution < 1.29 is 14.6 Å². The Morgan fingerprint density at radius 1 is 1.30 bits per heavy atom. The summed E-state index contributed by atoms with van der Waals surface area (Å²) >= 11 is 0. The third kappa shape index (κ3) is 3.52. The molecule has 0 fully saturated rings. The molecular weight excluding hydrogens is 344 g/mol. The van der Waals surface area contributed by atoms with E-state index in [1.165, 1.54) is 4.57 Å². The molecule has 0 radical (unpaired) electrons. The number of benzene rings is 1. The fourth-order valence-corrected chi connectivity index (χ4v) is 3.36. The summed E-state index contributed by atoms with van der Waals surface area (Å²) in [5.41, 5.74) is 1.21. The van der Waals surface area contributed by atoms with Crippen LogP contribution in [0.4, 0.5) is 0 Å². The molecule has 0 aliphatic rings. The lowest BCUT2D eigenvalue weighted by Gasteiger charge is -2.15. The second-order valence-electron chi connectivity index (χ2n) is 7.24. The molecule has 0 aliphatic heterocycles. The second-order valence-corrected chi connectivity index (χ2v) is 7.24. The number of fused-ring (bicyclic) bond motifs is 3. The topological polar surface area (TPSA) is 81.4 Å². The molecule has 0 atom stereocenters. The average molecular weight is 368 g/mol. The molecular formula is C21H24N2O4. The number of carboxylic acids is 1. The summed E-state index contributed by atoms with van der Waals surface area (Å²) in [6.07, 6.45) is 3.48. The molecule has 3 aromatic rings. The Morgan fingerprint density at radius 2 is 2.04 bits per heavy atom. The number of hydrogen-bond donors (Lipinski definition) is 1. The number of rotatable bonds is 6. The van der Waals surface area contributed by atoms with Gasteiger partial charge in [0.15, 0.2) is 0 Å². The Balaban J connectivity index is 2.20.